The first-order valence-corrected chi connectivity index (χ1v) is 7.18. The number of imide groups is 1. The lowest BCUT2D eigenvalue weighted by Gasteiger charge is -2.15. The molecule has 1 N–H and O–H groups in total. The van der Waals surface area contributed by atoms with E-state index in [-0.39, 0.29) is 16.3 Å². The van der Waals surface area contributed by atoms with Crippen molar-refractivity contribution in [2.75, 3.05) is 4.90 Å². The Morgan fingerprint density at radius 2 is 1.61 bits per heavy atom. The first-order chi connectivity index (χ1) is 10.9. The van der Waals surface area contributed by atoms with Crippen molar-refractivity contribution >= 4 is 46.3 Å². The van der Waals surface area contributed by atoms with Crippen LogP contribution in [0.2, 0.25) is 10.0 Å². The summed E-state index contributed by atoms with van der Waals surface area (Å²) in [5.41, 5.74) is 0.273. The van der Waals surface area contributed by atoms with Crippen LogP contribution in [0, 0.1) is 5.82 Å². The minimum absolute atomic E-state index is 0.0712. The minimum atomic E-state index is -0.900. The van der Waals surface area contributed by atoms with Gasteiger partial charge in [-0.15, -0.1) is 0 Å². The van der Waals surface area contributed by atoms with Crippen molar-refractivity contribution in [1.82, 2.24) is 0 Å². The highest BCUT2D eigenvalue weighted by atomic mass is 35.5. The molecule has 4 nitrogen and oxygen atoms in total. The van der Waals surface area contributed by atoms with Crippen molar-refractivity contribution in [1.29, 1.82) is 0 Å². The fourth-order valence-corrected chi connectivity index (χ4v) is 2.55. The fourth-order valence-electron chi connectivity index (χ4n) is 2.25. The van der Waals surface area contributed by atoms with E-state index in [4.69, 9.17) is 23.2 Å². The van der Waals surface area contributed by atoms with Crippen molar-refractivity contribution in [3.05, 3.63) is 69.6 Å². The zero-order valence-corrected chi connectivity index (χ0v) is 12.9. The molecule has 0 saturated heterocycles. The summed E-state index contributed by atoms with van der Waals surface area (Å²) in [5.74, 6) is -2.98. The number of amides is 2. The van der Waals surface area contributed by atoms with Gasteiger partial charge in [0, 0.05) is 5.02 Å². The van der Waals surface area contributed by atoms with E-state index in [9.17, 15) is 19.1 Å². The molecule has 2 amide bonds. The largest absolute Gasteiger partial charge is 0.502 e. The minimum Gasteiger partial charge on any atom is -0.502 e. The monoisotopic (exact) mass is 351 g/mol. The Bertz CT molecular complexity index is 862. The summed E-state index contributed by atoms with van der Waals surface area (Å²) >= 11 is 11.5. The number of benzene rings is 2. The van der Waals surface area contributed by atoms with Gasteiger partial charge in [-0.1, -0.05) is 35.3 Å². The van der Waals surface area contributed by atoms with Crippen molar-refractivity contribution in [2.24, 2.45) is 0 Å². The number of aliphatic hydroxyl groups excluding tert-OH is 1. The molecule has 3 rings (SSSR count). The van der Waals surface area contributed by atoms with Gasteiger partial charge in [0.15, 0.2) is 5.76 Å². The van der Waals surface area contributed by atoms with Crippen LogP contribution in [0.1, 0.15) is 5.56 Å². The molecule has 2 aromatic rings. The number of carbonyl (C=O) groups excluding carboxylic acids is 2. The highest BCUT2D eigenvalue weighted by Crippen LogP contribution is 2.33. The second-order valence-electron chi connectivity index (χ2n) is 4.77. The average molecular weight is 352 g/mol. The Morgan fingerprint density at radius 1 is 0.957 bits per heavy atom. The van der Waals surface area contributed by atoms with Crippen LogP contribution in [0.15, 0.2) is 48.2 Å². The number of hydrogen-bond acceptors (Lipinski definition) is 3. The van der Waals surface area contributed by atoms with Crippen LogP contribution in [-0.2, 0) is 9.59 Å². The van der Waals surface area contributed by atoms with Gasteiger partial charge in [-0.05, 0) is 35.9 Å². The van der Waals surface area contributed by atoms with E-state index < -0.39 is 23.4 Å². The second-order valence-corrected chi connectivity index (χ2v) is 5.62. The first-order valence-electron chi connectivity index (χ1n) is 6.43. The van der Waals surface area contributed by atoms with Crippen LogP contribution in [-0.4, -0.2) is 16.9 Å². The summed E-state index contributed by atoms with van der Waals surface area (Å²) in [5, 5.41) is 10.3. The standard InChI is InChI=1S/C16H8Cl2FNO3/c17-9-3-1-8(2-4-9)13-14(21)16(23)20(15(13)22)10-5-6-12(19)11(18)7-10/h1-7,21H. The number of anilines is 1. The lowest BCUT2D eigenvalue weighted by molar-refractivity contribution is -0.121. The molecule has 0 bridgehead atoms. The van der Waals surface area contributed by atoms with Gasteiger partial charge in [-0.2, -0.15) is 0 Å². The third-order valence-corrected chi connectivity index (χ3v) is 3.90. The summed E-state index contributed by atoms with van der Waals surface area (Å²) in [6, 6.07) is 9.51. The fraction of sp³-hybridized carbons (Fsp3) is 0. The molecular formula is C16H8Cl2FNO3. The van der Waals surface area contributed by atoms with E-state index in [0.717, 1.165) is 17.0 Å². The number of halogens is 3. The molecule has 7 heteroatoms. The molecule has 1 aliphatic heterocycles. The van der Waals surface area contributed by atoms with E-state index in [1.165, 1.54) is 30.3 Å². The van der Waals surface area contributed by atoms with Gasteiger partial charge in [-0.25, -0.2) is 9.29 Å². The lowest BCUT2D eigenvalue weighted by atomic mass is 10.1. The molecule has 0 unspecified atom stereocenters. The van der Waals surface area contributed by atoms with Gasteiger partial charge in [0.25, 0.3) is 5.91 Å². The predicted octanol–water partition coefficient (Wildman–Crippen LogP) is 3.98. The van der Waals surface area contributed by atoms with E-state index >= 15 is 0 Å². The molecule has 0 aliphatic carbocycles. The summed E-state index contributed by atoms with van der Waals surface area (Å²) in [6.07, 6.45) is 0. The molecule has 0 fully saturated rings. The van der Waals surface area contributed by atoms with Crippen molar-refractivity contribution in [3.8, 4) is 0 Å². The Hall–Kier alpha value is -2.37. The van der Waals surface area contributed by atoms with E-state index in [0.29, 0.717) is 10.6 Å². The lowest BCUT2D eigenvalue weighted by Crippen LogP contribution is -2.31. The summed E-state index contributed by atoms with van der Waals surface area (Å²) in [6.45, 7) is 0. The second kappa shape index (κ2) is 5.68. The highest BCUT2D eigenvalue weighted by molar-refractivity contribution is 6.45. The maximum atomic E-state index is 13.2. The number of hydrogen-bond donors (Lipinski definition) is 1. The van der Waals surface area contributed by atoms with Crippen molar-refractivity contribution in [3.63, 3.8) is 0 Å². The van der Waals surface area contributed by atoms with E-state index in [1.807, 2.05) is 0 Å². The molecule has 2 aromatic carbocycles. The highest BCUT2D eigenvalue weighted by Gasteiger charge is 2.40. The number of carbonyl (C=O) groups is 2. The Balaban J connectivity index is 2.05. The van der Waals surface area contributed by atoms with Crippen LogP contribution in [0.25, 0.3) is 5.57 Å². The van der Waals surface area contributed by atoms with Crippen molar-refractivity contribution in [2.45, 2.75) is 0 Å². The summed E-state index contributed by atoms with van der Waals surface area (Å²) in [4.78, 5) is 25.5. The normalized spacial score (nSPS) is 14.8. The SMILES string of the molecule is O=C1C(O)=C(c2ccc(Cl)cc2)C(=O)N1c1ccc(F)c(Cl)c1. The zero-order valence-electron chi connectivity index (χ0n) is 11.4. The summed E-state index contributed by atoms with van der Waals surface area (Å²) in [7, 11) is 0. The molecule has 116 valence electrons. The van der Waals surface area contributed by atoms with Gasteiger partial charge < -0.3 is 5.11 Å². The van der Waals surface area contributed by atoms with Gasteiger partial charge in [0.05, 0.1) is 16.3 Å². The summed E-state index contributed by atoms with van der Waals surface area (Å²) < 4.78 is 13.2. The van der Waals surface area contributed by atoms with Crippen LogP contribution in [0.5, 0.6) is 0 Å². The van der Waals surface area contributed by atoms with Gasteiger partial charge in [0.2, 0.25) is 0 Å². The number of rotatable bonds is 2. The smallest absolute Gasteiger partial charge is 0.301 e. The zero-order chi connectivity index (χ0) is 16.7. The average Bonchev–Trinajstić information content (AvgIpc) is 2.74. The van der Waals surface area contributed by atoms with E-state index in [2.05, 4.69) is 0 Å². The molecule has 0 atom stereocenters. The first kappa shape index (κ1) is 15.5. The van der Waals surface area contributed by atoms with E-state index in [1.54, 1.807) is 0 Å². The van der Waals surface area contributed by atoms with Crippen LogP contribution >= 0.6 is 23.2 Å². The Morgan fingerprint density at radius 3 is 2.22 bits per heavy atom. The number of aliphatic hydroxyl groups is 1. The molecule has 0 spiro atoms. The van der Waals surface area contributed by atoms with Crippen LogP contribution in [0.3, 0.4) is 0 Å². The maximum Gasteiger partial charge on any atom is 0.301 e. The molecule has 0 radical (unpaired) electrons. The third kappa shape index (κ3) is 2.58. The quantitative estimate of drug-likeness (QED) is 0.832. The Kier molecular flexibility index (Phi) is 3.83. The van der Waals surface area contributed by atoms with Crippen LogP contribution in [0.4, 0.5) is 10.1 Å². The van der Waals surface area contributed by atoms with Gasteiger partial charge in [-0.3, -0.25) is 9.59 Å². The molecule has 23 heavy (non-hydrogen) atoms. The molecule has 0 aromatic heterocycles. The molecule has 1 aliphatic rings. The Labute approximate surface area is 140 Å². The number of nitrogens with zero attached hydrogens (tertiary/aromatic N) is 1. The van der Waals surface area contributed by atoms with Crippen LogP contribution < -0.4 is 4.90 Å². The third-order valence-electron chi connectivity index (χ3n) is 3.35. The molecule has 1 heterocycles. The predicted molar refractivity (Wildman–Crippen MR) is 84.9 cm³/mol. The topological polar surface area (TPSA) is 57.6 Å². The molecular weight excluding hydrogens is 344 g/mol. The maximum absolute atomic E-state index is 13.2. The molecule has 0 saturated carbocycles. The van der Waals surface area contributed by atoms with Gasteiger partial charge in [0.1, 0.15) is 5.82 Å². The van der Waals surface area contributed by atoms with Gasteiger partial charge >= 0.3 is 5.91 Å². The van der Waals surface area contributed by atoms with Crippen molar-refractivity contribution < 1.29 is 19.1 Å².